The van der Waals surface area contributed by atoms with Crippen LogP contribution in [0.5, 0.6) is 0 Å². The highest BCUT2D eigenvalue weighted by Gasteiger charge is 2.49. The average molecular weight is 663 g/mol. The molecule has 46 heavy (non-hydrogen) atoms. The number of halogens is 3. The first-order chi connectivity index (χ1) is 21.6. The van der Waals surface area contributed by atoms with Crippen LogP contribution in [0.3, 0.4) is 0 Å². The number of hydrogen-bond acceptors (Lipinski definition) is 8. The summed E-state index contributed by atoms with van der Waals surface area (Å²) in [5, 5.41) is 18.4. The summed E-state index contributed by atoms with van der Waals surface area (Å²) in [6.45, 7) is 12.1. The minimum Gasteiger partial charge on any atom is -0.383 e. The fourth-order valence-electron chi connectivity index (χ4n) is 6.55. The molecule has 0 radical (unpaired) electrons. The Kier molecular flexibility index (Phi) is 11.4. The van der Waals surface area contributed by atoms with Crippen LogP contribution in [0, 0.1) is 11.3 Å². The van der Waals surface area contributed by atoms with Gasteiger partial charge < -0.3 is 20.6 Å². The lowest BCUT2D eigenvalue weighted by Gasteiger charge is -2.46. The monoisotopic (exact) mass is 662 g/mol. The molecular weight excluding hydrogens is 617 g/mol. The van der Waals surface area contributed by atoms with Crippen LogP contribution in [0.2, 0.25) is 0 Å². The zero-order valence-electron chi connectivity index (χ0n) is 27.1. The first-order valence-electron chi connectivity index (χ1n) is 15.8. The third-order valence-corrected chi connectivity index (χ3v) is 10.1. The molecule has 2 amide bonds. The molecule has 2 heterocycles. The summed E-state index contributed by atoms with van der Waals surface area (Å²) in [4.78, 5) is 39.7. The topological polar surface area (TPSA) is 119 Å². The predicted octanol–water partition coefficient (Wildman–Crippen LogP) is 5.46. The van der Waals surface area contributed by atoms with Gasteiger partial charge in [0, 0.05) is 69.0 Å². The molecular formula is C33H45F3N6O3S. The number of amides is 2. The number of hydrogen-bond donors (Lipinski definition) is 3. The molecule has 2 aliphatic heterocycles. The Bertz CT molecular complexity index is 1410. The first kappa shape index (κ1) is 35.7. The molecule has 2 fully saturated rings. The van der Waals surface area contributed by atoms with E-state index in [-0.39, 0.29) is 36.7 Å². The van der Waals surface area contributed by atoms with Gasteiger partial charge in [0.1, 0.15) is 16.4 Å². The van der Waals surface area contributed by atoms with Crippen molar-refractivity contribution in [3.05, 3.63) is 46.6 Å². The van der Waals surface area contributed by atoms with E-state index in [1.165, 1.54) is 11.8 Å². The van der Waals surface area contributed by atoms with Crippen molar-refractivity contribution in [2.45, 2.75) is 83.9 Å². The highest BCUT2D eigenvalue weighted by atomic mass is 32.2. The molecule has 1 saturated heterocycles. The van der Waals surface area contributed by atoms with Crippen LogP contribution >= 0.6 is 11.8 Å². The van der Waals surface area contributed by atoms with Crippen LogP contribution in [0.1, 0.15) is 72.1 Å². The van der Waals surface area contributed by atoms with Crippen molar-refractivity contribution in [2.75, 3.05) is 33.2 Å². The molecule has 252 valence electrons. The van der Waals surface area contributed by atoms with Crippen molar-refractivity contribution in [2.24, 2.45) is 26.3 Å². The van der Waals surface area contributed by atoms with Crippen LogP contribution in [0.4, 0.5) is 13.2 Å². The van der Waals surface area contributed by atoms with Gasteiger partial charge in [-0.05, 0) is 56.1 Å². The Morgan fingerprint density at radius 3 is 2.70 bits per heavy atom. The maximum Gasteiger partial charge on any atom is 0.429 e. The van der Waals surface area contributed by atoms with Gasteiger partial charge in [-0.1, -0.05) is 49.9 Å². The van der Waals surface area contributed by atoms with Crippen LogP contribution in [-0.2, 0) is 9.59 Å². The number of allylic oxidation sites excluding steroid dienone is 5. The summed E-state index contributed by atoms with van der Waals surface area (Å²) in [5.41, 5.74) is -0.193. The van der Waals surface area contributed by atoms with E-state index in [0.29, 0.717) is 67.3 Å². The zero-order valence-corrected chi connectivity index (χ0v) is 27.9. The predicted molar refractivity (Wildman–Crippen MR) is 178 cm³/mol. The smallest absolute Gasteiger partial charge is 0.383 e. The number of aliphatic imine (C=N–C) groups is 3. The normalized spacial score (nSPS) is 25.5. The molecule has 0 aromatic heterocycles. The van der Waals surface area contributed by atoms with E-state index in [1.54, 1.807) is 13.1 Å². The van der Waals surface area contributed by atoms with E-state index in [2.05, 4.69) is 32.2 Å². The molecule has 2 atom stereocenters. The van der Waals surface area contributed by atoms with Crippen LogP contribution in [0.25, 0.3) is 0 Å². The lowest BCUT2D eigenvalue weighted by atomic mass is 9.63. The van der Waals surface area contributed by atoms with Crippen molar-refractivity contribution in [1.29, 1.82) is 0 Å². The second-order valence-corrected chi connectivity index (χ2v) is 14.2. The zero-order chi connectivity index (χ0) is 33.7. The van der Waals surface area contributed by atoms with Gasteiger partial charge >= 0.3 is 6.18 Å². The number of nitrogens with zero attached hydrogens (tertiary/aromatic N) is 4. The van der Waals surface area contributed by atoms with Gasteiger partial charge in [0.25, 0.3) is 0 Å². The molecule has 0 aromatic carbocycles. The van der Waals surface area contributed by atoms with E-state index in [0.717, 1.165) is 24.1 Å². The molecule has 0 spiro atoms. The number of carbonyl (C=O) groups excluding carboxylic acids is 2. The first-order valence-corrected chi connectivity index (χ1v) is 16.6. The van der Waals surface area contributed by atoms with Crippen LogP contribution in [0.15, 0.2) is 61.5 Å². The lowest BCUT2D eigenvalue weighted by molar-refractivity contribution is -0.133. The maximum absolute atomic E-state index is 13.2. The Hall–Kier alpha value is -3.19. The minimum absolute atomic E-state index is 0.0175. The Morgan fingerprint density at radius 1 is 1.28 bits per heavy atom. The largest absolute Gasteiger partial charge is 0.429 e. The number of thioether (sulfide) groups is 1. The second-order valence-electron chi connectivity index (χ2n) is 13.1. The van der Waals surface area contributed by atoms with Crippen molar-refractivity contribution in [1.82, 2.24) is 15.5 Å². The summed E-state index contributed by atoms with van der Waals surface area (Å²) in [6, 6.07) is 0. The maximum atomic E-state index is 13.2. The molecule has 9 nitrogen and oxygen atoms in total. The molecule has 2 aliphatic carbocycles. The average Bonchev–Trinajstić information content (AvgIpc) is 3.29. The number of aliphatic hydroxyl groups is 1. The third-order valence-electron chi connectivity index (χ3n) is 8.86. The number of rotatable bonds is 9. The highest BCUT2D eigenvalue weighted by molar-refractivity contribution is 8.17. The molecule has 13 heteroatoms. The van der Waals surface area contributed by atoms with Gasteiger partial charge in [-0.2, -0.15) is 13.2 Å². The molecule has 1 saturated carbocycles. The summed E-state index contributed by atoms with van der Waals surface area (Å²) in [7, 11) is 1.63. The van der Waals surface area contributed by atoms with Crippen LogP contribution in [-0.4, -0.2) is 83.5 Å². The Morgan fingerprint density at radius 2 is 2.04 bits per heavy atom. The number of nitrogens with one attached hydrogen (secondary N) is 2. The van der Waals surface area contributed by atoms with Gasteiger partial charge in [0.05, 0.1) is 0 Å². The van der Waals surface area contributed by atoms with E-state index < -0.39 is 22.9 Å². The van der Waals surface area contributed by atoms with Crippen molar-refractivity contribution < 1.29 is 27.9 Å². The summed E-state index contributed by atoms with van der Waals surface area (Å²) >= 11 is 1.29. The third kappa shape index (κ3) is 8.99. The SMILES string of the molecule is C=C(SC(=NC)C1(O)CCC(C(=O)NCCCN2CCCC2=O)C(C)(C)C1)C1=CC=C(NC2=NCCC(C(F)(F)F)=N2)CC(C)=C1. The van der Waals surface area contributed by atoms with E-state index in [9.17, 15) is 27.9 Å². The van der Waals surface area contributed by atoms with Gasteiger partial charge in [-0.25, -0.2) is 4.99 Å². The molecule has 0 bridgehead atoms. The van der Waals surface area contributed by atoms with Crippen molar-refractivity contribution >= 4 is 40.3 Å². The summed E-state index contributed by atoms with van der Waals surface area (Å²) < 4.78 is 39.5. The van der Waals surface area contributed by atoms with Crippen molar-refractivity contribution in [3.8, 4) is 0 Å². The quantitative estimate of drug-likeness (QED) is 0.172. The molecule has 4 rings (SSSR count). The fourth-order valence-corrected chi connectivity index (χ4v) is 7.49. The molecule has 3 N–H and O–H groups in total. The standard InChI is InChI=1S/C33H45F3N6O3S/c1-21-18-23(9-10-24(19-21)40-30-39-15-12-26(41-30)33(34,35)36)22(2)46-29(37-5)32(45)13-11-25(31(3,4)20-32)28(44)38-14-7-17-42-16-6-8-27(42)43/h9-10,18,25,45H,2,6-8,11-17,19-20H2,1,3-5H3,(H,38,44)(H,39,40). The van der Waals surface area contributed by atoms with E-state index in [1.807, 2.05) is 37.8 Å². The number of likely N-dealkylation sites (tertiary alicyclic amines) is 1. The Balaban J connectivity index is 1.36. The number of guanidine groups is 1. The van der Waals surface area contributed by atoms with Crippen molar-refractivity contribution in [3.63, 3.8) is 0 Å². The lowest BCUT2D eigenvalue weighted by Crippen LogP contribution is -2.52. The summed E-state index contributed by atoms with van der Waals surface area (Å²) in [5.74, 6) is -0.189. The summed E-state index contributed by atoms with van der Waals surface area (Å²) in [6.07, 6.45) is 4.71. The highest BCUT2D eigenvalue weighted by Crippen LogP contribution is 2.48. The number of alkyl halides is 3. The van der Waals surface area contributed by atoms with Crippen LogP contribution < -0.4 is 10.6 Å². The molecule has 2 unspecified atom stereocenters. The fraction of sp³-hybridized carbons (Fsp3) is 0.606. The van der Waals surface area contributed by atoms with Gasteiger partial charge in [-0.15, -0.1) is 0 Å². The Labute approximate surface area is 273 Å². The molecule has 4 aliphatic rings. The van der Waals surface area contributed by atoms with E-state index in [4.69, 9.17) is 0 Å². The second kappa shape index (κ2) is 14.7. The van der Waals surface area contributed by atoms with E-state index >= 15 is 0 Å². The van der Waals surface area contributed by atoms with Gasteiger partial charge in [-0.3, -0.25) is 19.6 Å². The number of carbonyl (C=O) groups is 2. The van der Waals surface area contributed by atoms with Gasteiger partial charge in [0.2, 0.25) is 17.8 Å². The minimum atomic E-state index is -4.49. The molecule has 0 aromatic rings. The van der Waals surface area contributed by atoms with Gasteiger partial charge in [0.15, 0.2) is 0 Å².